The summed E-state index contributed by atoms with van der Waals surface area (Å²) in [5, 5.41) is 1.53. The zero-order valence-corrected chi connectivity index (χ0v) is 17.3. The second kappa shape index (κ2) is 6.96. The van der Waals surface area contributed by atoms with Gasteiger partial charge < -0.3 is 4.98 Å². The molecule has 0 aliphatic heterocycles. The Labute approximate surface area is 160 Å². The smallest absolute Gasteiger partial charge is 0.192 e. The van der Waals surface area contributed by atoms with Crippen molar-refractivity contribution in [1.29, 1.82) is 0 Å². The predicted molar refractivity (Wildman–Crippen MR) is 107 cm³/mol. The van der Waals surface area contributed by atoms with E-state index >= 15 is 0 Å². The van der Waals surface area contributed by atoms with Gasteiger partial charge in [-0.2, -0.15) is 0 Å². The second-order valence-corrected chi connectivity index (χ2v) is 8.98. The summed E-state index contributed by atoms with van der Waals surface area (Å²) in [5.41, 5.74) is 3.75. The van der Waals surface area contributed by atoms with E-state index in [-0.39, 0.29) is 16.8 Å². The molecule has 0 saturated carbocycles. The number of thioether (sulfide) groups is 1. The van der Waals surface area contributed by atoms with Gasteiger partial charge >= 0.3 is 0 Å². The number of fused-ring (bicyclic) bond motifs is 1. The molecule has 3 heterocycles. The third-order valence-electron chi connectivity index (χ3n) is 4.62. The number of thiophene rings is 1. The quantitative estimate of drug-likeness (QED) is 0.386. The van der Waals surface area contributed by atoms with Crippen molar-refractivity contribution in [1.82, 2.24) is 15.0 Å². The summed E-state index contributed by atoms with van der Waals surface area (Å²) in [7, 11) is 0. The van der Waals surface area contributed by atoms with Crippen molar-refractivity contribution in [2.45, 2.75) is 51.8 Å². The maximum absolute atomic E-state index is 13.0. The maximum Gasteiger partial charge on any atom is 0.192 e. The van der Waals surface area contributed by atoms with Gasteiger partial charge in [0.25, 0.3) is 0 Å². The van der Waals surface area contributed by atoms with E-state index in [1.165, 1.54) is 29.1 Å². The van der Waals surface area contributed by atoms with Gasteiger partial charge in [-0.25, -0.2) is 9.97 Å². The number of nitrogens with one attached hydrogen (secondary N) is 1. The van der Waals surface area contributed by atoms with Crippen molar-refractivity contribution < 1.29 is 9.59 Å². The Bertz CT molecular complexity index is 1030. The summed E-state index contributed by atoms with van der Waals surface area (Å²) in [6, 6.07) is 0. The van der Waals surface area contributed by atoms with Crippen LogP contribution < -0.4 is 0 Å². The Hall–Kier alpha value is -1.99. The predicted octanol–water partition coefficient (Wildman–Crippen LogP) is 4.82. The number of carbonyl (C=O) groups is 2. The molecule has 0 aliphatic rings. The largest absolute Gasteiger partial charge is 0.355 e. The molecule has 0 radical (unpaired) electrons. The lowest BCUT2D eigenvalue weighted by atomic mass is 10.0. The molecule has 5 nitrogen and oxygen atoms in total. The van der Waals surface area contributed by atoms with Crippen LogP contribution in [0.25, 0.3) is 10.2 Å². The normalized spacial score (nSPS) is 12.5. The van der Waals surface area contributed by atoms with Gasteiger partial charge in [0.1, 0.15) is 16.2 Å². The molecule has 0 saturated heterocycles. The number of rotatable bonds is 5. The van der Waals surface area contributed by atoms with Gasteiger partial charge in [-0.3, -0.25) is 9.59 Å². The molecule has 0 bridgehead atoms. The van der Waals surface area contributed by atoms with Gasteiger partial charge in [-0.05, 0) is 52.7 Å². The number of carbonyl (C=O) groups excluding carboxylic acids is 2. The van der Waals surface area contributed by atoms with Crippen LogP contribution >= 0.6 is 23.1 Å². The standard InChI is InChI=1S/C19H21N3O2S2/c1-8-12(5)25-18-15(8)19(21-7-20-18)26-13(6)17(24)16-9(2)14(11(4)23)10(3)22-16/h7,13,22H,1-6H3/t13-/m0/s1. The molecule has 7 heteroatoms. The van der Waals surface area contributed by atoms with Crippen LogP contribution in [0.4, 0.5) is 0 Å². The Morgan fingerprint density at radius 1 is 1.15 bits per heavy atom. The minimum absolute atomic E-state index is 0.0283. The van der Waals surface area contributed by atoms with Gasteiger partial charge in [0, 0.05) is 21.5 Å². The number of hydrogen-bond acceptors (Lipinski definition) is 6. The monoisotopic (exact) mass is 387 g/mol. The number of ketones is 2. The highest BCUT2D eigenvalue weighted by Gasteiger charge is 2.25. The molecule has 1 atom stereocenters. The van der Waals surface area contributed by atoms with Gasteiger partial charge in [0.05, 0.1) is 10.9 Å². The van der Waals surface area contributed by atoms with E-state index in [1.807, 2.05) is 20.8 Å². The molecule has 3 aromatic heterocycles. The van der Waals surface area contributed by atoms with Crippen LogP contribution in [0, 0.1) is 27.7 Å². The molecule has 0 amide bonds. The van der Waals surface area contributed by atoms with Crippen molar-refractivity contribution in [3.8, 4) is 0 Å². The Morgan fingerprint density at radius 2 is 1.85 bits per heavy atom. The summed E-state index contributed by atoms with van der Waals surface area (Å²) < 4.78 is 0. The lowest BCUT2D eigenvalue weighted by Gasteiger charge is -2.10. The SMILES string of the molecule is CC(=O)c1c(C)[nH]c(C(=O)[C@H](C)Sc2ncnc3sc(C)c(C)c23)c1C. The number of hydrogen-bond donors (Lipinski definition) is 1. The van der Waals surface area contributed by atoms with E-state index in [0.29, 0.717) is 11.3 Å². The molecule has 0 spiro atoms. The lowest BCUT2D eigenvalue weighted by molar-refractivity contribution is 0.0988. The molecule has 136 valence electrons. The number of H-pyrrole nitrogens is 1. The molecule has 0 fully saturated rings. The summed E-state index contributed by atoms with van der Waals surface area (Å²) in [6.45, 7) is 11.2. The maximum atomic E-state index is 13.0. The first-order chi connectivity index (χ1) is 12.2. The molecule has 0 unspecified atom stereocenters. The fourth-order valence-electron chi connectivity index (χ4n) is 3.19. The average molecular weight is 388 g/mol. The van der Waals surface area contributed by atoms with E-state index in [0.717, 1.165) is 26.5 Å². The summed E-state index contributed by atoms with van der Waals surface area (Å²) in [5.74, 6) is -0.0584. The molecular weight excluding hydrogens is 366 g/mol. The van der Waals surface area contributed by atoms with E-state index in [2.05, 4.69) is 28.8 Å². The van der Waals surface area contributed by atoms with Crippen LogP contribution in [0.1, 0.15) is 56.4 Å². The molecule has 3 aromatic rings. The summed E-state index contributed by atoms with van der Waals surface area (Å²) in [4.78, 5) is 38.8. The number of nitrogens with zero attached hydrogens (tertiary/aromatic N) is 2. The van der Waals surface area contributed by atoms with E-state index in [9.17, 15) is 9.59 Å². The molecule has 1 N–H and O–H groups in total. The number of aromatic nitrogens is 3. The van der Waals surface area contributed by atoms with Crippen molar-refractivity contribution in [3.05, 3.63) is 39.3 Å². The van der Waals surface area contributed by atoms with Gasteiger partial charge in [-0.1, -0.05) is 11.8 Å². The summed E-state index contributed by atoms with van der Waals surface area (Å²) in [6.07, 6.45) is 1.55. The lowest BCUT2D eigenvalue weighted by Crippen LogP contribution is -2.15. The van der Waals surface area contributed by atoms with Crippen molar-refractivity contribution >= 4 is 44.9 Å². The van der Waals surface area contributed by atoms with Crippen LogP contribution in [-0.4, -0.2) is 31.8 Å². The topological polar surface area (TPSA) is 75.7 Å². The van der Waals surface area contributed by atoms with Crippen LogP contribution in [0.2, 0.25) is 0 Å². The first kappa shape index (κ1) is 18.8. The van der Waals surface area contributed by atoms with Crippen LogP contribution in [0.3, 0.4) is 0 Å². The third kappa shape index (κ3) is 3.10. The van der Waals surface area contributed by atoms with E-state index in [1.54, 1.807) is 17.7 Å². The fraction of sp³-hybridized carbons (Fsp3) is 0.368. The Kier molecular flexibility index (Phi) is 5.03. The third-order valence-corrected chi connectivity index (χ3v) is 6.84. The first-order valence-electron chi connectivity index (χ1n) is 8.34. The van der Waals surface area contributed by atoms with Crippen LogP contribution in [-0.2, 0) is 0 Å². The number of aromatic amines is 1. The minimum Gasteiger partial charge on any atom is -0.355 e. The van der Waals surface area contributed by atoms with Crippen molar-refractivity contribution in [3.63, 3.8) is 0 Å². The second-order valence-electron chi connectivity index (χ2n) is 6.45. The van der Waals surface area contributed by atoms with Crippen LogP contribution in [0.15, 0.2) is 11.4 Å². The minimum atomic E-state index is -0.329. The highest BCUT2D eigenvalue weighted by atomic mass is 32.2. The van der Waals surface area contributed by atoms with Gasteiger partial charge in [0.15, 0.2) is 11.6 Å². The molecule has 0 aromatic carbocycles. The molecule has 26 heavy (non-hydrogen) atoms. The molecule has 3 rings (SSSR count). The average Bonchev–Trinajstić information content (AvgIpc) is 3.03. The zero-order chi connectivity index (χ0) is 19.2. The fourth-order valence-corrected chi connectivity index (χ4v) is 5.29. The first-order valence-corrected chi connectivity index (χ1v) is 10.0. The molecule has 0 aliphatic carbocycles. The molecular formula is C19H21N3O2S2. The van der Waals surface area contributed by atoms with Crippen molar-refractivity contribution in [2.24, 2.45) is 0 Å². The van der Waals surface area contributed by atoms with Gasteiger partial charge in [-0.15, -0.1) is 11.3 Å². The Morgan fingerprint density at radius 3 is 2.46 bits per heavy atom. The van der Waals surface area contributed by atoms with Crippen LogP contribution in [0.5, 0.6) is 0 Å². The number of aryl methyl sites for hydroxylation is 3. The highest BCUT2D eigenvalue weighted by molar-refractivity contribution is 8.00. The van der Waals surface area contributed by atoms with E-state index in [4.69, 9.17) is 0 Å². The Balaban J connectivity index is 1.94. The van der Waals surface area contributed by atoms with E-state index < -0.39 is 0 Å². The highest BCUT2D eigenvalue weighted by Crippen LogP contribution is 2.36. The zero-order valence-electron chi connectivity index (χ0n) is 15.7. The number of Topliss-reactive ketones (excluding diaryl/α,β-unsaturated/α-hetero) is 2. The van der Waals surface area contributed by atoms with Gasteiger partial charge in [0.2, 0.25) is 0 Å². The van der Waals surface area contributed by atoms with Crippen molar-refractivity contribution in [2.75, 3.05) is 0 Å². The summed E-state index contributed by atoms with van der Waals surface area (Å²) >= 11 is 3.08.